The van der Waals surface area contributed by atoms with Crippen LogP contribution in [0.2, 0.25) is 5.02 Å². The van der Waals surface area contributed by atoms with Gasteiger partial charge >= 0.3 is 0 Å². The maximum Gasteiger partial charge on any atom is 0.148 e. The van der Waals surface area contributed by atoms with Crippen molar-refractivity contribution in [3.8, 4) is 21.8 Å². The summed E-state index contributed by atoms with van der Waals surface area (Å²) < 4.78 is 0. The number of hydrogen-bond acceptors (Lipinski definition) is 6. The maximum absolute atomic E-state index is 6.34. The summed E-state index contributed by atoms with van der Waals surface area (Å²) in [6.07, 6.45) is 5.93. The van der Waals surface area contributed by atoms with Crippen LogP contribution in [0.4, 0.5) is 0 Å². The average Bonchev–Trinajstić information content (AvgIpc) is 3.33. The number of thiazole rings is 1. The van der Waals surface area contributed by atoms with Crippen molar-refractivity contribution >= 4 is 22.9 Å². The molecule has 144 valence electrons. The molecule has 0 bridgehead atoms. The van der Waals surface area contributed by atoms with Gasteiger partial charge in [0.2, 0.25) is 0 Å². The van der Waals surface area contributed by atoms with Crippen LogP contribution in [-0.4, -0.2) is 28.0 Å². The van der Waals surface area contributed by atoms with Gasteiger partial charge in [-0.05, 0) is 57.0 Å². The van der Waals surface area contributed by atoms with E-state index in [1.54, 1.807) is 11.3 Å². The van der Waals surface area contributed by atoms with Gasteiger partial charge in [-0.2, -0.15) is 0 Å². The summed E-state index contributed by atoms with van der Waals surface area (Å²) in [4.78, 5) is 15.4. The monoisotopic (exact) mass is 411 g/mol. The van der Waals surface area contributed by atoms with Gasteiger partial charge in [0.05, 0.1) is 26.8 Å². The van der Waals surface area contributed by atoms with E-state index >= 15 is 0 Å². The van der Waals surface area contributed by atoms with E-state index in [1.807, 2.05) is 30.5 Å². The van der Waals surface area contributed by atoms with Gasteiger partial charge in [-0.1, -0.05) is 23.7 Å². The molecule has 0 spiro atoms. The summed E-state index contributed by atoms with van der Waals surface area (Å²) in [5, 5.41) is 5.32. The number of nitrogens with one attached hydrogen (secondary N) is 1. The molecule has 0 unspecified atom stereocenters. The van der Waals surface area contributed by atoms with E-state index in [-0.39, 0.29) is 5.54 Å². The highest BCUT2D eigenvalue weighted by molar-refractivity contribution is 7.15. The molecule has 2 aromatic heterocycles. The van der Waals surface area contributed by atoms with Crippen molar-refractivity contribution in [1.29, 1.82) is 0 Å². The fraction of sp³-hybridized carbons (Fsp3) is 0.381. The Morgan fingerprint density at radius 1 is 1.14 bits per heavy atom. The van der Waals surface area contributed by atoms with Gasteiger partial charge in [-0.3, -0.25) is 0 Å². The SMILES string of the molecule is NC1(c2nccc(-c3sc(C4CCNCC4)nc3-c3cccc(Cl)c3)n2)CC1. The lowest BCUT2D eigenvalue weighted by Gasteiger charge is -2.20. The normalized spacial score (nSPS) is 18.9. The van der Waals surface area contributed by atoms with Gasteiger partial charge in [-0.25, -0.2) is 15.0 Å². The highest BCUT2D eigenvalue weighted by atomic mass is 35.5. The summed E-state index contributed by atoms with van der Waals surface area (Å²) in [5.74, 6) is 1.22. The lowest BCUT2D eigenvalue weighted by atomic mass is 9.99. The first-order chi connectivity index (χ1) is 13.6. The van der Waals surface area contributed by atoms with Crippen molar-refractivity contribution in [2.45, 2.75) is 37.1 Å². The summed E-state index contributed by atoms with van der Waals surface area (Å²) in [6, 6.07) is 9.85. The molecule has 3 N–H and O–H groups in total. The molecule has 3 aromatic rings. The van der Waals surface area contributed by atoms with Crippen LogP contribution in [0.5, 0.6) is 0 Å². The highest BCUT2D eigenvalue weighted by Gasteiger charge is 2.43. The first-order valence-electron chi connectivity index (χ1n) is 9.72. The molecule has 1 saturated carbocycles. The second-order valence-corrected chi connectivity index (χ2v) is 9.15. The van der Waals surface area contributed by atoms with E-state index < -0.39 is 0 Å². The van der Waals surface area contributed by atoms with E-state index in [0.717, 1.165) is 66.4 Å². The van der Waals surface area contributed by atoms with Crippen molar-refractivity contribution in [2.24, 2.45) is 5.73 Å². The lowest BCUT2D eigenvalue weighted by Crippen LogP contribution is -2.26. The zero-order valence-corrected chi connectivity index (χ0v) is 17.1. The number of nitrogens with two attached hydrogens (primary N) is 1. The fourth-order valence-corrected chi connectivity index (χ4v) is 5.09. The largest absolute Gasteiger partial charge is 0.319 e. The third-order valence-electron chi connectivity index (χ3n) is 5.55. The van der Waals surface area contributed by atoms with Crippen LogP contribution >= 0.6 is 22.9 Å². The molecule has 28 heavy (non-hydrogen) atoms. The molecule has 7 heteroatoms. The van der Waals surface area contributed by atoms with Crippen molar-refractivity contribution in [3.05, 3.63) is 52.4 Å². The molecule has 5 rings (SSSR count). The maximum atomic E-state index is 6.34. The number of halogens is 1. The molecule has 0 radical (unpaired) electrons. The molecule has 5 nitrogen and oxygen atoms in total. The van der Waals surface area contributed by atoms with Gasteiger partial charge in [0.1, 0.15) is 5.82 Å². The van der Waals surface area contributed by atoms with Crippen LogP contribution in [0.15, 0.2) is 36.5 Å². The number of hydrogen-bond donors (Lipinski definition) is 2. The van der Waals surface area contributed by atoms with Crippen molar-refractivity contribution in [1.82, 2.24) is 20.3 Å². The summed E-state index contributed by atoms with van der Waals surface area (Å²) in [6.45, 7) is 2.08. The molecule has 0 atom stereocenters. The van der Waals surface area contributed by atoms with E-state index in [1.165, 1.54) is 5.01 Å². The minimum atomic E-state index is -0.352. The third kappa shape index (κ3) is 3.46. The van der Waals surface area contributed by atoms with Crippen molar-refractivity contribution in [3.63, 3.8) is 0 Å². The zero-order chi connectivity index (χ0) is 19.1. The van der Waals surface area contributed by atoms with Gasteiger partial charge in [0, 0.05) is 22.7 Å². The third-order valence-corrected chi connectivity index (χ3v) is 7.03. The number of aromatic nitrogens is 3. The Labute approximate surface area is 173 Å². The quantitative estimate of drug-likeness (QED) is 0.667. The van der Waals surface area contributed by atoms with Crippen LogP contribution in [0, 0.1) is 0 Å². The number of piperidine rings is 1. The smallest absolute Gasteiger partial charge is 0.148 e. The lowest BCUT2D eigenvalue weighted by molar-refractivity contribution is 0.459. The molecule has 2 aliphatic rings. The molecule has 1 aliphatic heterocycles. The van der Waals surface area contributed by atoms with Crippen LogP contribution in [0.1, 0.15) is 42.4 Å². The highest BCUT2D eigenvalue weighted by Crippen LogP contribution is 2.43. The number of nitrogens with zero attached hydrogens (tertiary/aromatic N) is 3. The van der Waals surface area contributed by atoms with Crippen LogP contribution in [0.25, 0.3) is 21.8 Å². The molecule has 1 saturated heterocycles. The summed E-state index contributed by atoms with van der Waals surface area (Å²) in [5.41, 5.74) is 8.86. The Morgan fingerprint density at radius 3 is 2.71 bits per heavy atom. The van der Waals surface area contributed by atoms with Gasteiger partial charge < -0.3 is 11.1 Å². The van der Waals surface area contributed by atoms with E-state index in [2.05, 4.69) is 16.4 Å². The standard InChI is InChI=1S/C21H22ClN5S/c22-15-3-1-2-14(12-15)17-18(28-19(27-17)13-4-9-24-10-5-13)16-6-11-25-20(26-16)21(23)7-8-21/h1-3,6,11-13,24H,4-5,7-10,23H2. The average molecular weight is 412 g/mol. The molecular formula is C21H22ClN5S. The first-order valence-corrected chi connectivity index (χ1v) is 10.9. The van der Waals surface area contributed by atoms with Gasteiger partial charge in [0.25, 0.3) is 0 Å². The Bertz CT molecular complexity index is 1010. The fourth-order valence-electron chi connectivity index (χ4n) is 3.67. The Balaban J connectivity index is 1.62. The van der Waals surface area contributed by atoms with Crippen LogP contribution < -0.4 is 11.1 Å². The van der Waals surface area contributed by atoms with Crippen LogP contribution in [0.3, 0.4) is 0 Å². The van der Waals surface area contributed by atoms with Crippen LogP contribution in [-0.2, 0) is 5.54 Å². The summed E-state index contributed by atoms with van der Waals surface area (Å²) >= 11 is 8.01. The van der Waals surface area contributed by atoms with E-state index in [9.17, 15) is 0 Å². The first kappa shape index (κ1) is 18.2. The molecule has 2 fully saturated rings. The predicted octanol–water partition coefficient (Wildman–Crippen LogP) is 4.34. The second-order valence-electron chi connectivity index (χ2n) is 7.69. The van der Waals surface area contributed by atoms with Crippen molar-refractivity contribution in [2.75, 3.05) is 13.1 Å². The Kier molecular flexibility index (Phi) is 4.67. The molecule has 0 amide bonds. The Hall–Kier alpha value is -1.86. The molecule has 1 aliphatic carbocycles. The minimum Gasteiger partial charge on any atom is -0.319 e. The van der Waals surface area contributed by atoms with Gasteiger partial charge in [-0.15, -0.1) is 11.3 Å². The molecular weight excluding hydrogens is 390 g/mol. The minimum absolute atomic E-state index is 0.352. The number of benzene rings is 1. The van der Waals surface area contributed by atoms with E-state index in [0.29, 0.717) is 10.9 Å². The Morgan fingerprint density at radius 2 is 1.96 bits per heavy atom. The number of rotatable bonds is 4. The predicted molar refractivity (Wildman–Crippen MR) is 114 cm³/mol. The molecule has 3 heterocycles. The van der Waals surface area contributed by atoms with Gasteiger partial charge in [0.15, 0.2) is 0 Å². The molecule has 1 aromatic carbocycles. The van der Waals surface area contributed by atoms with E-state index in [4.69, 9.17) is 27.3 Å². The topological polar surface area (TPSA) is 76.7 Å². The van der Waals surface area contributed by atoms with Crippen molar-refractivity contribution < 1.29 is 0 Å². The summed E-state index contributed by atoms with van der Waals surface area (Å²) in [7, 11) is 0. The zero-order valence-electron chi connectivity index (χ0n) is 15.5. The second kappa shape index (κ2) is 7.19.